The second-order valence-electron chi connectivity index (χ2n) is 2.63. The van der Waals surface area contributed by atoms with Crippen molar-refractivity contribution in [1.29, 1.82) is 0 Å². The van der Waals surface area contributed by atoms with Crippen molar-refractivity contribution in [3.8, 4) is 5.88 Å². The number of rotatable bonds is 5. The third-order valence-corrected chi connectivity index (χ3v) is 2.64. The van der Waals surface area contributed by atoms with Crippen LogP contribution in [0.4, 0.5) is 0 Å². The number of hydrogen-bond acceptors (Lipinski definition) is 5. The number of aromatic nitrogens is 2. The van der Waals surface area contributed by atoms with Gasteiger partial charge >= 0.3 is 0 Å². The fourth-order valence-corrected chi connectivity index (χ4v) is 1.65. The third kappa shape index (κ3) is 2.85. The van der Waals surface area contributed by atoms with Gasteiger partial charge in [-0.1, -0.05) is 6.92 Å². The highest BCUT2D eigenvalue weighted by Gasteiger charge is 2.14. The van der Waals surface area contributed by atoms with Crippen LogP contribution in [0.2, 0.25) is 0 Å². The van der Waals surface area contributed by atoms with E-state index in [9.17, 15) is 5.11 Å². The molecule has 1 N–H and O–H groups in total. The molecule has 1 heterocycles. The first kappa shape index (κ1) is 11.3. The molecule has 0 aliphatic rings. The van der Waals surface area contributed by atoms with Gasteiger partial charge in [-0.15, -0.1) is 0 Å². The molecule has 78 valence electrons. The Bertz CT molecular complexity index is 283. The molecule has 1 aromatic heterocycles. The minimum atomic E-state index is -0.608. The molecule has 0 radical (unpaired) electrons. The summed E-state index contributed by atoms with van der Waals surface area (Å²) in [6.45, 7) is 2.05. The molecule has 1 atom stereocenters. The lowest BCUT2D eigenvalue weighted by atomic mass is 10.3. The number of thioether (sulfide) groups is 1. The molecule has 5 heteroatoms. The first-order valence-corrected chi connectivity index (χ1v) is 5.55. The van der Waals surface area contributed by atoms with Gasteiger partial charge in [-0.05, 0) is 5.75 Å². The van der Waals surface area contributed by atoms with Gasteiger partial charge in [0.1, 0.15) is 11.8 Å². The van der Waals surface area contributed by atoms with E-state index in [1.807, 2.05) is 6.92 Å². The van der Waals surface area contributed by atoms with Crippen molar-refractivity contribution in [2.24, 2.45) is 0 Å². The van der Waals surface area contributed by atoms with Crippen LogP contribution in [0, 0.1) is 0 Å². The second-order valence-corrected chi connectivity index (χ2v) is 3.95. The van der Waals surface area contributed by atoms with Crippen molar-refractivity contribution in [2.45, 2.75) is 13.0 Å². The largest absolute Gasteiger partial charge is 0.480 e. The van der Waals surface area contributed by atoms with Crippen molar-refractivity contribution in [1.82, 2.24) is 9.97 Å². The normalized spacial score (nSPS) is 12.5. The fourth-order valence-electron chi connectivity index (χ4n) is 1.03. The zero-order chi connectivity index (χ0) is 10.4. The van der Waals surface area contributed by atoms with Crippen molar-refractivity contribution in [3.63, 3.8) is 0 Å². The molecule has 14 heavy (non-hydrogen) atoms. The highest BCUT2D eigenvalue weighted by molar-refractivity contribution is 7.99. The number of nitrogens with zero attached hydrogens (tertiary/aromatic N) is 2. The maximum absolute atomic E-state index is 9.76. The molecule has 1 aromatic rings. The molecular weight excluding hydrogens is 200 g/mol. The minimum absolute atomic E-state index is 0.400. The summed E-state index contributed by atoms with van der Waals surface area (Å²) < 4.78 is 5.00. The lowest BCUT2D eigenvalue weighted by Crippen LogP contribution is -2.07. The van der Waals surface area contributed by atoms with Crippen molar-refractivity contribution < 1.29 is 9.84 Å². The quantitative estimate of drug-likeness (QED) is 0.800. The van der Waals surface area contributed by atoms with E-state index in [1.165, 1.54) is 7.11 Å². The monoisotopic (exact) mass is 214 g/mol. The Hall–Kier alpha value is -0.810. The predicted molar refractivity (Wildman–Crippen MR) is 56.5 cm³/mol. The molecule has 1 rings (SSSR count). The number of hydrogen-bond donors (Lipinski definition) is 1. The summed E-state index contributed by atoms with van der Waals surface area (Å²) >= 11 is 1.66. The highest BCUT2D eigenvalue weighted by atomic mass is 32.2. The number of methoxy groups -OCH3 is 1. The standard InChI is InChI=1S/C9H14N2O2S/c1-3-14-6-7(12)8-9(13-2)11-5-4-10-8/h4-5,7,12H,3,6H2,1-2H3. The molecule has 0 saturated heterocycles. The van der Waals surface area contributed by atoms with Crippen LogP contribution in [0.5, 0.6) is 5.88 Å². The summed E-state index contributed by atoms with van der Waals surface area (Å²) in [6, 6.07) is 0. The molecular formula is C9H14N2O2S. The maximum Gasteiger partial charge on any atom is 0.238 e. The van der Waals surface area contributed by atoms with E-state index in [-0.39, 0.29) is 0 Å². The Morgan fingerprint density at radius 2 is 2.21 bits per heavy atom. The molecule has 0 bridgehead atoms. The predicted octanol–water partition coefficient (Wildman–Crippen LogP) is 1.27. The van der Waals surface area contributed by atoms with Crippen LogP contribution < -0.4 is 4.74 Å². The van der Waals surface area contributed by atoms with Gasteiger partial charge in [-0.25, -0.2) is 4.98 Å². The van der Waals surface area contributed by atoms with Gasteiger partial charge in [0.2, 0.25) is 5.88 Å². The van der Waals surface area contributed by atoms with Crippen LogP contribution >= 0.6 is 11.8 Å². The first-order valence-electron chi connectivity index (χ1n) is 4.40. The van der Waals surface area contributed by atoms with E-state index >= 15 is 0 Å². The van der Waals surface area contributed by atoms with E-state index < -0.39 is 6.10 Å². The van der Waals surface area contributed by atoms with Crippen molar-refractivity contribution >= 4 is 11.8 Å². The summed E-state index contributed by atoms with van der Waals surface area (Å²) in [6.07, 6.45) is 2.49. The van der Waals surface area contributed by atoms with Gasteiger partial charge in [0.25, 0.3) is 0 Å². The van der Waals surface area contributed by atoms with E-state index in [0.717, 1.165) is 5.75 Å². The van der Waals surface area contributed by atoms with E-state index in [1.54, 1.807) is 24.2 Å². The zero-order valence-electron chi connectivity index (χ0n) is 8.30. The Balaban J connectivity index is 2.72. The second kappa shape index (κ2) is 5.82. The number of ether oxygens (including phenoxy) is 1. The minimum Gasteiger partial charge on any atom is -0.480 e. The SMILES string of the molecule is CCSCC(O)c1nccnc1OC. The van der Waals surface area contributed by atoms with Gasteiger partial charge in [-0.2, -0.15) is 11.8 Å². The molecule has 0 aliphatic carbocycles. The van der Waals surface area contributed by atoms with Crippen LogP contribution in [0.1, 0.15) is 18.7 Å². The van der Waals surface area contributed by atoms with Crippen molar-refractivity contribution in [3.05, 3.63) is 18.1 Å². The summed E-state index contributed by atoms with van der Waals surface area (Å²) in [5, 5.41) is 9.76. The van der Waals surface area contributed by atoms with Gasteiger partial charge in [-0.3, -0.25) is 4.98 Å². The van der Waals surface area contributed by atoms with Gasteiger partial charge in [0.05, 0.1) is 7.11 Å². The number of aliphatic hydroxyl groups excluding tert-OH is 1. The fraction of sp³-hybridized carbons (Fsp3) is 0.556. The molecule has 1 unspecified atom stereocenters. The van der Waals surface area contributed by atoms with Gasteiger partial charge in [0, 0.05) is 18.1 Å². The average Bonchev–Trinajstić information content (AvgIpc) is 2.25. The number of aliphatic hydroxyl groups is 1. The zero-order valence-corrected chi connectivity index (χ0v) is 9.12. The van der Waals surface area contributed by atoms with Crippen LogP contribution in [0.15, 0.2) is 12.4 Å². The Kier molecular flexibility index (Phi) is 4.69. The molecule has 4 nitrogen and oxygen atoms in total. The van der Waals surface area contributed by atoms with Crippen LogP contribution in [-0.2, 0) is 0 Å². The topological polar surface area (TPSA) is 55.2 Å². The summed E-state index contributed by atoms with van der Waals surface area (Å²) in [7, 11) is 1.52. The summed E-state index contributed by atoms with van der Waals surface area (Å²) in [4.78, 5) is 8.02. The Morgan fingerprint density at radius 3 is 2.86 bits per heavy atom. The molecule has 0 fully saturated rings. The summed E-state index contributed by atoms with van der Waals surface area (Å²) in [5.74, 6) is 1.99. The van der Waals surface area contributed by atoms with Crippen LogP contribution in [-0.4, -0.2) is 33.7 Å². The van der Waals surface area contributed by atoms with Crippen LogP contribution in [0.3, 0.4) is 0 Å². The Morgan fingerprint density at radius 1 is 1.50 bits per heavy atom. The lowest BCUT2D eigenvalue weighted by molar-refractivity contribution is 0.192. The Labute approximate surface area is 87.7 Å². The molecule has 0 aliphatic heterocycles. The first-order chi connectivity index (χ1) is 6.79. The van der Waals surface area contributed by atoms with E-state index in [2.05, 4.69) is 9.97 Å². The lowest BCUT2D eigenvalue weighted by Gasteiger charge is -2.11. The molecule has 0 aromatic carbocycles. The van der Waals surface area contributed by atoms with Gasteiger partial charge < -0.3 is 9.84 Å². The van der Waals surface area contributed by atoms with Crippen LogP contribution in [0.25, 0.3) is 0 Å². The smallest absolute Gasteiger partial charge is 0.238 e. The summed E-state index contributed by atoms with van der Waals surface area (Å²) in [5.41, 5.74) is 0.510. The highest BCUT2D eigenvalue weighted by Crippen LogP contribution is 2.22. The van der Waals surface area contributed by atoms with Gasteiger partial charge in [0.15, 0.2) is 0 Å². The molecule has 0 amide bonds. The van der Waals surface area contributed by atoms with E-state index in [0.29, 0.717) is 17.3 Å². The molecule has 0 saturated carbocycles. The molecule has 0 spiro atoms. The maximum atomic E-state index is 9.76. The van der Waals surface area contributed by atoms with Crippen molar-refractivity contribution in [2.75, 3.05) is 18.6 Å². The third-order valence-electron chi connectivity index (χ3n) is 1.68. The average molecular weight is 214 g/mol. The van der Waals surface area contributed by atoms with E-state index in [4.69, 9.17) is 4.74 Å².